The largest absolute Gasteiger partial charge is 1.00 e. The van der Waals surface area contributed by atoms with Crippen LogP contribution in [0, 0.1) is 20.8 Å². The zero-order chi connectivity index (χ0) is 35.7. The maximum absolute atomic E-state index is 9.75. The first kappa shape index (κ1) is 39.5. The van der Waals surface area contributed by atoms with E-state index in [0.29, 0.717) is 0 Å². The Morgan fingerprint density at radius 2 is 0.843 bits per heavy atom. The van der Waals surface area contributed by atoms with Crippen LogP contribution in [0.3, 0.4) is 0 Å². The zero-order valence-electron chi connectivity index (χ0n) is 29.6. The molecule has 0 spiro atoms. The Morgan fingerprint density at radius 1 is 0.471 bits per heavy atom. The summed E-state index contributed by atoms with van der Waals surface area (Å²) in [6.45, 7) is 9.78. The SMILES string of the molecule is CCCCCC[n+]1ccc(-c2ccc(-c3cc(-c4ccc(C)cc4)[n+](-c4ccc(C)cc4)c(-c4ccc(C)cc4)c3)cc2)cc1.F[B-](F)(F)F.[I-]. The Hall–Kier alpha value is -4.31. The van der Waals surface area contributed by atoms with Gasteiger partial charge in [-0.1, -0.05) is 97.1 Å². The van der Waals surface area contributed by atoms with E-state index in [9.17, 15) is 17.3 Å². The molecule has 0 aliphatic heterocycles. The molecule has 0 saturated carbocycles. The monoisotopic (exact) mass is 802 g/mol. The summed E-state index contributed by atoms with van der Waals surface area (Å²) in [5.74, 6) is 0. The van der Waals surface area contributed by atoms with E-state index in [-0.39, 0.29) is 24.0 Å². The molecule has 0 aliphatic rings. The molecule has 6 rings (SSSR count). The van der Waals surface area contributed by atoms with Crippen LogP contribution in [0.2, 0.25) is 0 Å². The number of unbranched alkanes of at least 4 members (excludes halogenated alkanes) is 3. The number of hydrogen-bond donors (Lipinski definition) is 0. The van der Waals surface area contributed by atoms with E-state index in [1.165, 1.54) is 87.1 Å². The molecule has 0 bridgehead atoms. The highest BCUT2D eigenvalue weighted by atomic mass is 127. The Kier molecular flexibility index (Phi) is 14.1. The molecule has 0 unspecified atom stereocenters. The number of benzene rings is 4. The summed E-state index contributed by atoms with van der Waals surface area (Å²) in [4.78, 5) is 0. The van der Waals surface area contributed by atoms with Gasteiger partial charge >= 0.3 is 7.25 Å². The minimum Gasteiger partial charge on any atom is -1.00 e. The van der Waals surface area contributed by atoms with Gasteiger partial charge in [-0.15, -0.1) is 0 Å². The molecule has 2 nitrogen and oxygen atoms in total. The smallest absolute Gasteiger partial charge is 0.673 e. The van der Waals surface area contributed by atoms with E-state index in [4.69, 9.17) is 0 Å². The summed E-state index contributed by atoms with van der Waals surface area (Å²) in [6, 6.07) is 44.9. The van der Waals surface area contributed by atoms with Crippen molar-refractivity contribution in [1.29, 1.82) is 0 Å². The van der Waals surface area contributed by atoms with Gasteiger partial charge in [0, 0.05) is 53.9 Å². The first-order valence-corrected chi connectivity index (χ1v) is 17.3. The summed E-state index contributed by atoms with van der Waals surface area (Å²) in [6.07, 6.45) is 9.57. The van der Waals surface area contributed by atoms with Crippen LogP contribution in [0.1, 0.15) is 49.3 Å². The summed E-state index contributed by atoms with van der Waals surface area (Å²) in [5.41, 5.74) is 14.5. The minimum absolute atomic E-state index is 0. The van der Waals surface area contributed by atoms with E-state index in [2.05, 4.69) is 171 Å². The second-order valence-electron chi connectivity index (χ2n) is 12.9. The van der Waals surface area contributed by atoms with Gasteiger partial charge in [0.15, 0.2) is 12.4 Å². The molecule has 4 aromatic carbocycles. The minimum atomic E-state index is -6.00. The molecule has 51 heavy (non-hydrogen) atoms. The van der Waals surface area contributed by atoms with Crippen LogP contribution in [0.5, 0.6) is 0 Å². The summed E-state index contributed by atoms with van der Waals surface area (Å²) < 4.78 is 43.7. The standard InChI is InChI=1S/C43H44N2.BF4.HI/c1-5-6-7-8-27-44-28-25-37(26-29-44)35-19-21-36(22-20-35)40-30-42(38-15-9-32(2)10-16-38)45(41-23-13-34(4)14-24-41)43(31-40)39-17-11-33(3)12-18-39;2-1(3,4)5;/h9-26,28-31H,5-8,27H2,1-4H3;;1H/q+2;-1;/p-1. The van der Waals surface area contributed by atoms with E-state index >= 15 is 0 Å². The number of aryl methyl sites for hydroxylation is 4. The highest BCUT2D eigenvalue weighted by molar-refractivity contribution is 6.50. The normalized spacial score (nSPS) is 11.0. The zero-order valence-corrected chi connectivity index (χ0v) is 31.8. The van der Waals surface area contributed by atoms with Crippen LogP contribution in [0.4, 0.5) is 17.3 Å². The number of pyridine rings is 2. The van der Waals surface area contributed by atoms with Gasteiger partial charge in [-0.05, 0) is 73.7 Å². The van der Waals surface area contributed by atoms with E-state index in [1.807, 2.05) is 0 Å². The molecule has 0 N–H and O–H groups in total. The Labute approximate surface area is 317 Å². The third-order valence-electron chi connectivity index (χ3n) is 8.77. The predicted octanol–water partition coefficient (Wildman–Crippen LogP) is 8.73. The van der Waals surface area contributed by atoms with Crippen LogP contribution in [0.25, 0.3) is 50.5 Å². The molecule has 0 fully saturated rings. The first-order chi connectivity index (χ1) is 24.0. The molecule has 0 aliphatic carbocycles. The van der Waals surface area contributed by atoms with E-state index in [0.717, 1.165) is 12.2 Å². The third kappa shape index (κ3) is 11.3. The van der Waals surface area contributed by atoms with Gasteiger partial charge < -0.3 is 41.2 Å². The van der Waals surface area contributed by atoms with Crippen LogP contribution >= 0.6 is 0 Å². The van der Waals surface area contributed by atoms with Crippen molar-refractivity contribution >= 4 is 7.25 Å². The van der Waals surface area contributed by atoms with Crippen molar-refractivity contribution in [2.75, 3.05) is 0 Å². The van der Waals surface area contributed by atoms with Crippen molar-refractivity contribution in [3.8, 4) is 50.5 Å². The maximum atomic E-state index is 9.75. The van der Waals surface area contributed by atoms with Crippen LogP contribution in [-0.4, -0.2) is 7.25 Å². The molecule has 2 aromatic heterocycles. The van der Waals surface area contributed by atoms with Crippen molar-refractivity contribution in [2.24, 2.45) is 0 Å². The fraction of sp³-hybridized carbons (Fsp3) is 0.209. The number of nitrogens with zero attached hydrogens (tertiary/aromatic N) is 2. The summed E-state index contributed by atoms with van der Waals surface area (Å²) in [5, 5.41) is 0. The molecular formula is C43H44BF4IN2. The molecule has 2 heterocycles. The third-order valence-corrected chi connectivity index (χ3v) is 8.77. The summed E-state index contributed by atoms with van der Waals surface area (Å²) >= 11 is 0. The lowest BCUT2D eigenvalue weighted by atomic mass is 9.96. The van der Waals surface area contributed by atoms with Gasteiger partial charge in [-0.2, -0.15) is 4.57 Å². The lowest BCUT2D eigenvalue weighted by Crippen LogP contribution is -3.00. The van der Waals surface area contributed by atoms with E-state index < -0.39 is 7.25 Å². The van der Waals surface area contributed by atoms with Crippen LogP contribution in [-0.2, 0) is 6.54 Å². The van der Waals surface area contributed by atoms with E-state index in [1.54, 1.807) is 0 Å². The quantitative estimate of drug-likeness (QED) is 0.0431. The fourth-order valence-corrected chi connectivity index (χ4v) is 5.98. The average molecular weight is 803 g/mol. The van der Waals surface area contributed by atoms with Crippen molar-refractivity contribution in [1.82, 2.24) is 0 Å². The lowest BCUT2D eigenvalue weighted by Gasteiger charge is -2.13. The van der Waals surface area contributed by atoms with Crippen molar-refractivity contribution in [2.45, 2.75) is 59.9 Å². The molecule has 0 radical (unpaired) electrons. The van der Waals surface area contributed by atoms with Gasteiger partial charge in [-0.25, -0.2) is 4.57 Å². The number of aromatic nitrogens is 2. The Morgan fingerprint density at radius 3 is 1.27 bits per heavy atom. The first-order valence-electron chi connectivity index (χ1n) is 17.3. The second-order valence-corrected chi connectivity index (χ2v) is 12.9. The highest BCUT2D eigenvalue weighted by Crippen LogP contribution is 2.32. The van der Waals surface area contributed by atoms with Gasteiger partial charge in [0.25, 0.3) is 0 Å². The molecule has 0 saturated heterocycles. The number of rotatable bonds is 10. The average Bonchev–Trinajstić information content (AvgIpc) is 3.10. The topological polar surface area (TPSA) is 7.76 Å². The molecular weight excluding hydrogens is 758 g/mol. The van der Waals surface area contributed by atoms with Gasteiger partial charge in [0.05, 0.1) is 0 Å². The van der Waals surface area contributed by atoms with Crippen LogP contribution < -0.4 is 33.1 Å². The summed E-state index contributed by atoms with van der Waals surface area (Å²) in [7, 11) is -6.00. The molecule has 8 heteroatoms. The molecule has 6 aromatic rings. The number of hydrogen-bond acceptors (Lipinski definition) is 0. The molecule has 0 amide bonds. The van der Waals surface area contributed by atoms with Crippen molar-refractivity contribution in [3.05, 3.63) is 150 Å². The Balaban J connectivity index is 0.000000909. The fourth-order valence-electron chi connectivity index (χ4n) is 5.98. The van der Waals surface area contributed by atoms with Crippen LogP contribution in [0.15, 0.2) is 134 Å². The van der Waals surface area contributed by atoms with Gasteiger partial charge in [0.2, 0.25) is 17.1 Å². The van der Waals surface area contributed by atoms with Crippen molar-refractivity contribution < 1.29 is 50.4 Å². The molecule has 264 valence electrons. The number of halogens is 5. The van der Waals surface area contributed by atoms with Crippen molar-refractivity contribution in [3.63, 3.8) is 0 Å². The lowest BCUT2D eigenvalue weighted by molar-refractivity contribution is -0.697. The molecule has 0 atom stereocenters. The maximum Gasteiger partial charge on any atom is 0.673 e. The second kappa shape index (κ2) is 18.3. The Bertz CT molecular complexity index is 1900. The predicted molar refractivity (Wildman–Crippen MR) is 198 cm³/mol. The van der Waals surface area contributed by atoms with Gasteiger partial charge in [0.1, 0.15) is 6.54 Å². The highest BCUT2D eigenvalue weighted by Gasteiger charge is 2.25. The van der Waals surface area contributed by atoms with Gasteiger partial charge in [-0.3, -0.25) is 0 Å².